The third-order valence-corrected chi connectivity index (χ3v) is 5.60. The first kappa shape index (κ1) is 29.1. The number of amides is 2. The van der Waals surface area contributed by atoms with E-state index in [0.29, 0.717) is 45.7 Å². The molecule has 3 rings (SSSR count). The molecule has 0 bridgehead atoms. The highest BCUT2D eigenvalue weighted by Crippen LogP contribution is 2.35. The van der Waals surface area contributed by atoms with Gasteiger partial charge in [0.15, 0.2) is 24.3 Å². The van der Waals surface area contributed by atoms with Crippen LogP contribution in [-0.2, 0) is 9.53 Å². The topological polar surface area (TPSA) is 164 Å². The summed E-state index contributed by atoms with van der Waals surface area (Å²) in [7, 11) is 1.26. The Balaban J connectivity index is 1.70. The number of hydrogen-bond donors (Lipinski definition) is 4. The minimum Gasteiger partial charge on any atom is -0.490 e. The molecule has 1 aliphatic heterocycles. The molecule has 1 aliphatic rings. The zero-order valence-electron chi connectivity index (χ0n) is 21.5. The van der Waals surface area contributed by atoms with Crippen LogP contribution < -0.4 is 30.3 Å². The summed E-state index contributed by atoms with van der Waals surface area (Å²) in [6, 6.07) is 10.4. The molecule has 0 saturated carbocycles. The van der Waals surface area contributed by atoms with E-state index in [1.54, 1.807) is 50.2 Å². The molecular weight excluding hydrogens is 530 g/mol. The number of methoxy groups -OCH3 is 1. The monoisotopic (exact) mass is 557 g/mol. The van der Waals surface area contributed by atoms with Gasteiger partial charge in [0.2, 0.25) is 0 Å². The van der Waals surface area contributed by atoms with Crippen LogP contribution in [0.25, 0.3) is 0 Å². The molecule has 0 aliphatic carbocycles. The van der Waals surface area contributed by atoms with E-state index in [1.165, 1.54) is 13.3 Å². The zero-order valence-corrected chi connectivity index (χ0v) is 22.2. The fraction of sp³-hybridized carbons (Fsp3) is 0.308. The number of hydrogen-bond acceptors (Lipinski definition) is 10. The summed E-state index contributed by atoms with van der Waals surface area (Å²) in [6.45, 7) is 3.39. The summed E-state index contributed by atoms with van der Waals surface area (Å²) in [5, 5.41) is 28.8. The maximum atomic E-state index is 12.4. The summed E-state index contributed by atoms with van der Waals surface area (Å²) < 4.78 is 21.7. The predicted octanol–water partition coefficient (Wildman–Crippen LogP) is 2.76. The second kappa shape index (κ2) is 13.9. The molecule has 2 amide bonds. The minimum absolute atomic E-state index is 0.142. The number of halogens is 1. The number of carbonyl (C=O) groups excluding carboxylic acids is 2. The number of carbonyl (C=O) groups is 2. The highest BCUT2D eigenvalue weighted by Gasteiger charge is 2.32. The Hall–Kier alpha value is -4.47. The number of aliphatic hydroxyl groups is 1. The largest absolute Gasteiger partial charge is 0.490 e. The van der Waals surface area contributed by atoms with Gasteiger partial charge in [-0.2, -0.15) is 10.4 Å². The number of aliphatic hydroxyl groups excluding tert-OH is 1. The average molecular weight is 558 g/mol. The maximum absolute atomic E-state index is 12.4. The van der Waals surface area contributed by atoms with Crippen LogP contribution in [0, 0.1) is 11.3 Å². The van der Waals surface area contributed by atoms with Crippen molar-refractivity contribution >= 4 is 29.8 Å². The predicted molar refractivity (Wildman–Crippen MR) is 142 cm³/mol. The zero-order chi connectivity index (χ0) is 28.4. The van der Waals surface area contributed by atoms with E-state index in [4.69, 9.17) is 35.8 Å². The number of rotatable bonds is 12. The van der Waals surface area contributed by atoms with Crippen molar-refractivity contribution in [2.75, 3.05) is 26.9 Å². The van der Waals surface area contributed by atoms with Gasteiger partial charge in [0.1, 0.15) is 18.4 Å². The molecular formula is C26H28ClN5O7. The van der Waals surface area contributed by atoms with E-state index in [2.05, 4.69) is 21.2 Å². The smallest absolute Gasteiger partial charge is 0.337 e. The van der Waals surface area contributed by atoms with Crippen molar-refractivity contribution < 1.29 is 33.6 Å². The fourth-order valence-electron chi connectivity index (χ4n) is 3.68. The van der Waals surface area contributed by atoms with E-state index in [-0.39, 0.29) is 18.8 Å². The van der Waals surface area contributed by atoms with Crippen LogP contribution in [0.4, 0.5) is 4.79 Å². The number of nitrogens with zero attached hydrogens (tertiary/aromatic N) is 2. The number of esters is 1. The number of allylic oxidation sites excluding steroid dienone is 1. The number of hydrazone groups is 1. The first-order valence-electron chi connectivity index (χ1n) is 11.8. The lowest BCUT2D eigenvalue weighted by Crippen LogP contribution is -2.45. The fourth-order valence-corrected chi connectivity index (χ4v) is 3.86. The van der Waals surface area contributed by atoms with Crippen LogP contribution in [0.5, 0.6) is 17.2 Å². The van der Waals surface area contributed by atoms with Gasteiger partial charge >= 0.3 is 12.0 Å². The third-order valence-electron chi connectivity index (χ3n) is 5.36. The molecule has 2 aromatic carbocycles. The minimum atomic E-state index is -1.20. The van der Waals surface area contributed by atoms with Crippen molar-refractivity contribution in [1.82, 2.24) is 16.1 Å². The molecule has 2 aromatic rings. The first-order chi connectivity index (χ1) is 18.8. The second-order valence-electron chi connectivity index (χ2n) is 8.04. The SMILES string of the molecule is CCOc1cc([C@@H]2NC(=O)NC(C)=C2C(=O)OC)ccc1OC[C@H](O)N/N=C/c1cc(Cl)ccc1OCC#N. The third kappa shape index (κ3) is 7.76. The van der Waals surface area contributed by atoms with E-state index in [0.717, 1.165) is 0 Å². The average Bonchev–Trinajstić information content (AvgIpc) is 2.91. The van der Waals surface area contributed by atoms with Crippen LogP contribution in [0.15, 0.2) is 52.8 Å². The van der Waals surface area contributed by atoms with Crippen LogP contribution in [0.2, 0.25) is 5.02 Å². The van der Waals surface area contributed by atoms with Gasteiger partial charge in [-0.15, -0.1) is 0 Å². The molecule has 0 spiro atoms. The lowest BCUT2D eigenvalue weighted by Gasteiger charge is -2.28. The standard InChI is InChI=1S/C26H28ClN5O7/c1-4-37-21-12-16(24-23(25(34)36-3)15(2)30-26(35)31-24)5-7-20(21)39-14-22(33)32-29-13-17-11-18(27)6-8-19(17)38-10-9-28/h5-8,11-13,22,24,32-33H,4,10,14H2,1-3H3,(H2,30,31,35)/b29-13+/t22-,24-/m0/s1. The van der Waals surface area contributed by atoms with E-state index < -0.39 is 24.3 Å². The van der Waals surface area contributed by atoms with Crippen LogP contribution >= 0.6 is 11.6 Å². The quantitative estimate of drug-likeness (QED) is 0.133. The van der Waals surface area contributed by atoms with Crippen molar-refractivity contribution in [1.29, 1.82) is 5.26 Å². The van der Waals surface area contributed by atoms with Gasteiger partial charge in [0.25, 0.3) is 0 Å². The van der Waals surface area contributed by atoms with E-state index in [9.17, 15) is 14.7 Å². The molecule has 0 fully saturated rings. The normalized spacial score (nSPS) is 15.6. The second-order valence-corrected chi connectivity index (χ2v) is 8.48. The van der Waals surface area contributed by atoms with Gasteiger partial charge in [-0.05, 0) is 49.7 Å². The Morgan fingerprint density at radius 1 is 1.23 bits per heavy atom. The van der Waals surface area contributed by atoms with Crippen molar-refractivity contribution in [3.8, 4) is 23.3 Å². The van der Waals surface area contributed by atoms with Gasteiger partial charge < -0.3 is 34.7 Å². The summed E-state index contributed by atoms with van der Waals surface area (Å²) in [4.78, 5) is 24.5. The Kier molecular flexibility index (Phi) is 10.4. The Bertz CT molecular complexity index is 1310. The molecule has 0 aromatic heterocycles. The Morgan fingerprint density at radius 2 is 2.00 bits per heavy atom. The van der Waals surface area contributed by atoms with Gasteiger partial charge in [-0.3, -0.25) is 5.43 Å². The number of benzene rings is 2. The number of ether oxygens (including phenoxy) is 4. The van der Waals surface area contributed by atoms with Crippen molar-refractivity contribution in [2.24, 2.45) is 5.10 Å². The lowest BCUT2D eigenvalue weighted by molar-refractivity contribution is -0.136. The Labute approximate surface area is 230 Å². The highest BCUT2D eigenvalue weighted by molar-refractivity contribution is 6.30. The molecule has 12 nitrogen and oxygen atoms in total. The number of urea groups is 1. The molecule has 13 heteroatoms. The molecule has 2 atom stereocenters. The van der Waals surface area contributed by atoms with Gasteiger partial charge in [-0.25, -0.2) is 9.59 Å². The van der Waals surface area contributed by atoms with Gasteiger partial charge in [0.05, 0.1) is 31.5 Å². The summed E-state index contributed by atoms with van der Waals surface area (Å²) in [5.74, 6) is 0.496. The summed E-state index contributed by atoms with van der Waals surface area (Å²) >= 11 is 6.02. The lowest BCUT2D eigenvalue weighted by atomic mass is 9.95. The molecule has 1 heterocycles. The highest BCUT2D eigenvalue weighted by atomic mass is 35.5. The van der Waals surface area contributed by atoms with Crippen molar-refractivity contribution in [3.05, 3.63) is 63.8 Å². The van der Waals surface area contributed by atoms with Crippen molar-refractivity contribution in [3.63, 3.8) is 0 Å². The summed E-state index contributed by atoms with van der Waals surface area (Å²) in [5.41, 5.74) is 4.25. The molecule has 0 saturated heterocycles. The molecule has 206 valence electrons. The van der Waals surface area contributed by atoms with E-state index in [1.807, 2.05) is 6.07 Å². The molecule has 0 radical (unpaired) electrons. The first-order valence-corrected chi connectivity index (χ1v) is 12.2. The van der Waals surface area contributed by atoms with Crippen molar-refractivity contribution in [2.45, 2.75) is 26.1 Å². The summed E-state index contributed by atoms with van der Waals surface area (Å²) in [6.07, 6.45) is 0.197. The molecule has 39 heavy (non-hydrogen) atoms. The number of nitriles is 1. The van der Waals surface area contributed by atoms with Crippen LogP contribution in [-0.4, -0.2) is 56.5 Å². The Morgan fingerprint density at radius 3 is 2.72 bits per heavy atom. The molecule has 0 unspecified atom stereocenters. The van der Waals surface area contributed by atoms with Gasteiger partial charge in [-0.1, -0.05) is 17.7 Å². The molecule has 4 N–H and O–H groups in total. The van der Waals surface area contributed by atoms with Crippen LogP contribution in [0.1, 0.15) is 31.0 Å². The van der Waals surface area contributed by atoms with Gasteiger partial charge in [0, 0.05) is 16.3 Å². The number of nitrogens with one attached hydrogen (secondary N) is 3. The van der Waals surface area contributed by atoms with E-state index >= 15 is 0 Å². The maximum Gasteiger partial charge on any atom is 0.337 e. The van der Waals surface area contributed by atoms with Crippen LogP contribution in [0.3, 0.4) is 0 Å².